The Kier molecular flexibility index (Phi) is 4.47. The first-order valence-electron chi connectivity index (χ1n) is 8.41. The molecule has 3 aliphatic rings. The van der Waals surface area contributed by atoms with Gasteiger partial charge in [-0.05, 0) is 38.8 Å². The van der Waals surface area contributed by atoms with E-state index in [1.54, 1.807) is 11.9 Å². The second kappa shape index (κ2) is 6.36. The first-order valence-corrected chi connectivity index (χ1v) is 8.41. The van der Waals surface area contributed by atoms with Gasteiger partial charge < -0.3 is 10.2 Å². The highest BCUT2D eigenvalue weighted by molar-refractivity contribution is 6.07. The Morgan fingerprint density at radius 2 is 1.64 bits per heavy atom. The molecule has 1 saturated carbocycles. The summed E-state index contributed by atoms with van der Waals surface area (Å²) in [6.07, 6.45) is 5.47. The van der Waals surface area contributed by atoms with Gasteiger partial charge in [0.2, 0.25) is 17.7 Å². The second-order valence-electron chi connectivity index (χ2n) is 6.75. The van der Waals surface area contributed by atoms with E-state index in [0.717, 1.165) is 51.6 Å². The maximum Gasteiger partial charge on any atom is 0.242 e. The average Bonchev–Trinajstić information content (AvgIpc) is 2.80. The summed E-state index contributed by atoms with van der Waals surface area (Å²) in [6.45, 7) is 1.74. The van der Waals surface area contributed by atoms with E-state index >= 15 is 0 Å². The molecule has 22 heavy (non-hydrogen) atoms. The number of amides is 3. The summed E-state index contributed by atoms with van der Waals surface area (Å²) in [5.41, 5.74) is 0. The Labute approximate surface area is 131 Å². The van der Waals surface area contributed by atoms with Crippen LogP contribution in [0.5, 0.6) is 0 Å². The largest absolute Gasteiger partial charge is 0.341 e. The highest BCUT2D eigenvalue weighted by atomic mass is 16.2. The highest BCUT2D eigenvalue weighted by Crippen LogP contribution is 2.37. The topological polar surface area (TPSA) is 69.7 Å². The van der Waals surface area contributed by atoms with Crippen LogP contribution >= 0.6 is 0 Å². The van der Waals surface area contributed by atoms with Crippen molar-refractivity contribution in [1.82, 2.24) is 15.1 Å². The van der Waals surface area contributed by atoms with Crippen LogP contribution in [0.2, 0.25) is 0 Å². The highest BCUT2D eigenvalue weighted by Gasteiger charge is 2.48. The van der Waals surface area contributed by atoms with Gasteiger partial charge in [0.05, 0.1) is 11.8 Å². The van der Waals surface area contributed by atoms with Crippen LogP contribution in [0.1, 0.15) is 38.5 Å². The van der Waals surface area contributed by atoms with Gasteiger partial charge in [0.25, 0.3) is 0 Å². The van der Waals surface area contributed by atoms with Crippen LogP contribution in [-0.4, -0.2) is 60.2 Å². The molecular formula is C16H25N3O3. The van der Waals surface area contributed by atoms with Crippen LogP contribution in [0.4, 0.5) is 0 Å². The number of likely N-dealkylation sites (N-methyl/N-ethyl adjacent to an activating group) is 1. The molecule has 122 valence electrons. The van der Waals surface area contributed by atoms with Crippen molar-refractivity contribution in [3.05, 3.63) is 0 Å². The predicted molar refractivity (Wildman–Crippen MR) is 80.8 cm³/mol. The zero-order chi connectivity index (χ0) is 15.7. The van der Waals surface area contributed by atoms with Crippen molar-refractivity contribution in [2.24, 2.45) is 11.8 Å². The summed E-state index contributed by atoms with van der Waals surface area (Å²) in [5, 5.41) is 3.27. The lowest BCUT2D eigenvalue weighted by Gasteiger charge is -2.32. The number of hydrogen-bond acceptors (Lipinski definition) is 4. The van der Waals surface area contributed by atoms with Gasteiger partial charge in [0.15, 0.2) is 0 Å². The van der Waals surface area contributed by atoms with Crippen molar-refractivity contribution in [3.8, 4) is 0 Å². The molecule has 6 nitrogen and oxygen atoms in total. The lowest BCUT2D eigenvalue weighted by Crippen LogP contribution is -2.48. The second-order valence-corrected chi connectivity index (χ2v) is 6.75. The number of likely N-dealkylation sites (tertiary alicyclic amines) is 1. The third-order valence-corrected chi connectivity index (χ3v) is 5.48. The van der Waals surface area contributed by atoms with Crippen LogP contribution in [0.25, 0.3) is 0 Å². The van der Waals surface area contributed by atoms with Crippen LogP contribution in [-0.2, 0) is 14.4 Å². The Hall–Kier alpha value is -1.43. The molecule has 0 aromatic heterocycles. The third kappa shape index (κ3) is 2.76. The molecule has 0 spiro atoms. The molecule has 2 saturated heterocycles. The van der Waals surface area contributed by atoms with Gasteiger partial charge in [-0.25, -0.2) is 0 Å². The van der Waals surface area contributed by atoms with E-state index in [2.05, 4.69) is 5.32 Å². The Morgan fingerprint density at radius 1 is 1.09 bits per heavy atom. The third-order valence-electron chi connectivity index (χ3n) is 5.48. The predicted octanol–water partition coefficient (Wildman–Crippen LogP) is 0.372. The first kappa shape index (κ1) is 15.5. The van der Waals surface area contributed by atoms with Gasteiger partial charge in [0.1, 0.15) is 6.54 Å². The van der Waals surface area contributed by atoms with E-state index in [1.807, 2.05) is 0 Å². The minimum absolute atomic E-state index is 0.0783. The van der Waals surface area contributed by atoms with E-state index in [1.165, 1.54) is 4.90 Å². The molecule has 0 bridgehead atoms. The number of fused-ring (bicyclic) bond motifs is 1. The molecule has 1 N–H and O–H groups in total. The Balaban J connectivity index is 1.63. The van der Waals surface area contributed by atoms with Gasteiger partial charge in [0, 0.05) is 13.1 Å². The molecule has 2 atom stereocenters. The number of nitrogens with one attached hydrogen (secondary N) is 1. The first-order chi connectivity index (χ1) is 10.6. The minimum atomic E-state index is -0.168. The van der Waals surface area contributed by atoms with E-state index in [0.29, 0.717) is 0 Å². The summed E-state index contributed by atoms with van der Waals surface area (Å²) in [5.74, 6) is -0.702. The van der Waals surface area contributed by atoms with Crippen molar-refractivity contribution in [2.45, 2.75) is 44.6 Å². The molecule has 3 fully saturated rings. The van der Waals surface area contributed by atoms with Crippen molar-refractivity contribution in [2.75, 3.05) is 26.7 Å². The smallest absolute Gasteiger partial charge is 0.242 e. The maximum absolute atomic E-state index is 12.5. The molecule has 2 heterocycles. The number of nitrogens with zero attached hydrogens (tertiary/aromatic N) is 2. The normalized spacial score (nSPS) is 29.6. The zero-order valence-electron chi connectivity index (χ0n) is 13.2. The molecule has 2 aliphatic heterocycles. The summed E-state index contributed by atoms with van der Waals surface area (Å²) >= 11 is 0. The zero-order valence-corrected chi connectivity index (χ0v) is 13.2. The standard InChI is InChI=1S/C16H25N3O3/c1-18(11-6-8-17-9-7-11)14(20)10-19-15(21)12-4-2-3-5-13(12)16(19)22/h11-13,17H,2-10H2,1H3. The molecule has 3 amide bonds. The molecule has 1 aliphatic carbocycles. The van der Waals surface area contributed by atoms with Crippen LogP contribution in [0.3, 0.4) is 0 Å². The fourth-order valence-electron chi connectivity index (χ4n) is 4.03. The molecule has 0 radical (unpaired) electrons. The van der Waals surface area contributed by atoms with Crippen molar-refractivity contribution in [3.63, 3.8) is 0 Å². The Morgan fingerprint density at radius 3 is 2.18 bits per heavy atom. The minimum Gasteiger partial charge on any atom is -0.341 e. The molecular weight excluding hydrogens is 282 g/mol. The average molecular weight is 307 g/mol. The van der Waals surface area contributed by atoms with Gasteiger partial charge >= 0.3 is 0 Å². The quantitative estimate of drug-likeness (QED) is 0.765. The van der Waals surface area contributed by atoms with Crippen LogP contribution in [0.15, 0.2) is 0 Å². The number of piperidine rings is 1. The van der Waals surface area contributed by atoms with Gasteiger partial charge in [-0.15, -0.1) is 0 Å². The number of rotatable bonds is 3. The summed E-state index contributed by atoms with van der Waals surface area (Å²) in [7, 11) is 1.79. The Bertz CT molecular complexity index is 449. The monoisotopic (exact) mass is 307 g/mol. The summed E-state index contributed by atoms with van der Waals surface area (Å²) in [4.78, 5) is 40.2. The fourth-order valence-corrected chi connectivity index (χ4v) is 4.03. The molecule has 6 heteroatoms. The fraction of sp³-hybridized carbons (Fsp3) is 0.812. The molecule has 0 aromatic rings. The lowest BCUT2D eigenvalue weighted by molar-refractivity contribution is -0.147. The van der Waals surface area contributed by atoms with Crippen molar-refractivity contribution in [1.29, 1.82) is 0 Å². The lowest BCUT2D eigenvalue weighted by atomic mass is 9.81. The van der Waals surface area contributed by atoms with E-state index in [-0.39, 0.29) is 42.1 Å². The van der Waals surface area contributed by atoms with Crippen molar-refractivity contribution < 1.29 is 14.4 Å². The van der Waals surface area contributed by atoms with Gasteiger partial charge in [-0.3, -0.25) is 19.3 Å². The molecule has 3 rings (SSSR count). The van der Waals surface area contributed by atoms with Crippen LogP contribution in [0, 0.1) is 11.8 Å². The van der Waals surface area contributed by atoms with Gasteiger partial charge in [-0.2, -0.15) is 0 Å². The van der Waals surface area contributed by atoms with E-state index in [4.69, 9.17) is 0 Å². The summed E-state index contributed by atoms with van der Waals surface area (Å²) in [6, 6.07) is 0.212. The summed E-state index contributed by atoms with van der Waals surface area (Å²) < 4.78 is 0. The SMILES string of the molecule is CN(C(=O)CN1C(=O)C2CCCCC2C1=O)C1CCNCC1. The van der Waals surface area contributed by atoms with E-state index in [9.17, 15) is 14.4 Å². The molecule has 2 unspecified atom stereocenters. The number of hydrogen-bond donors (Lipinski definition) is 1. The number of carbonyl (C=O) groups is 3. The molecule has 0 aromatic carbocycles. The van der Waals surface area contributed by atoms with Gasteiger partial charge in [-0.1, -0.05) is 12.8 Å². The number of carbonyl (C=O) groups excluding carboxylic acids is 3. The van der Waals surface area contributed by atoms with Crippen molar-refractivity contribution >= 4 is 17.7 Å². The van der Waals surface area contributed by atoms with Crippen LogP contribution < -0.4 is 5.32 Å². The number of imide groups is 1. The maximum atomic E-state index is 12.5. The van der Waals surface area contributed by atoms with E-state index < -0.39 is 0 Å².